The van der Waals surface area contributed by atoms with E-state index in [1.807, 2.05) is 6.07 Å². The number of aliphatic hydroxyl groups excluding tert-OH is 1. The van der Waals surface area contributed by atoms with Crippen LogP contribution in [-0.4, -0.2) is 39.6 Å². The number of rotatable bonds is 5. The summed E-state index contributed by atoms with van der Waals surface area (Å²) in [5.74, 6) is -2.81. The number of ketones is 1. The summed E-state index contributed by atoms with van der Waals surface area (Å²) < 4.78 is 0. The average molecular weight is 330 g/mol. The van der Waals surface area contributed by atoms with Crippen LogP contribution in [0, 0.1) is 0 Å². The molecule has 0 aliphatic carbocycles. The van der Waals surface area contributed by atoms with E-state index in [-0.39, 0.29) is 5.78 Å². The molecule has 2 aromatic carbocycles. The third-order valence-corrected chi connectivity index (χ3v) is 3.19. The fourth-order valence-corrected chi connectivity index (χ4v) is 1.85. The van der Waals surface area contributed by atoms with Gasteiger partial charge in [0.2, 0.25) is 0 Å². The largest absolute Gasteiger partial charge is 0.481 e. The first kappa shape index (κ1) is 19.1. The van der Waals surface area contributed by atoms with Crippen LogP contribution < -0.4 is 0 Å². The molecule has 0 saturated carbocycles. The zero-order valence-electron chi connectivity index (χ0n) is 13.0. The van der Waals surface area contributed by atoms with Crippen LogP contribution in [0.5, 0.6) is 0 Å². The minimum atomic E-state index is -1.19. The maximum absolute atomic E-state index is 12.2. The standard InChI is InChI=1S/C16H14O3.C2H4O3/c1-11(16(18)19)13-8-5-9-14(10-13)15(17)12-6-3-2-4-7-12;3-1-2(4)5/h2-11H,1H3,(H,18,19);3H,1H2,(H,4,5). The molecule has 3 N–H and O–H groups in total. The van der Waals surface area contributed by atoms with Gasteiger partial charge >= 0.3 is 11.9 Å². The Morgan fingerprint density at radius 2 is 1.46 bits per heavy atom. The van der Waals surface area contributed by atoms with Crippen molar-refractivity contribution >= 4 is 17.7 Å². The second-order valence-electron chi connectivity index (χ2n) is 4.93. The van der Waals surface area contributed by atoms with E-state index in [1.165, 1.54) is 0 Å². The molecule has 1 atom stereocenters. The third kappa shape index (κ3) is 5.66. The second kappa shape index (κ2) is 9.22. The minimum Gasteiger partial charge on any atom is -0.481 e. The van der Waals surface area contributed by atoms with Crippen LogP contribution in [0.4, 0.5) is 0 Å². The molecule has 0 fully saturated rings. The molecule has 6 nitrogen and oxygen atoms in total. The maximum Gasteiger partial charge on any atom is 0.329 e. The highest BCUT2D eigenvalue weighted by molar-refractivity contribution is 6.09. The van der Waals surface area contributed by atoms with Gasteiger partial charge in [0.25, 0.3) is 0 Å². The molecule has 0 saturated heterocycles. The Balaban J connectivity index is 0.000000505. The van der Waals surface area contributed by atoms with E-state index >= 15 is 0 Å². The SMILES string of the molecule is CC(C(=O)O)c1cccc(C(=O)c2ccccc2)c1.O=C(O)CO. The van der Waals surface area contributed by atoms with Crippen LogP contribution >= 0.6 is 0 Å². The highest BCUT2D eigenvalue weighted by Gasteiger charge is 2.16. The lowest BCUT2D eigenvalue weighted by atomic mass is 9.96. The minimum absolute atomic E-state index is 0.0972. The molecule has 0 spiro atoms. The molecular weight excluding hydrogens is 312 g/mol. The van der Waals surface area contributed by atoms with Gasteiger partial charge in [-0.15, -0.1) is 0 Å². The van der Waals surface area contributed by atoms with Gasteiger partial charge in [0.05, 0.1) is 5.92 Å². The Morgan fingerprint density at radius 1 is 0.917 bits per heavy atom. The monoisotopic (exact) mass is 330 g/mol. The first-order valence-electron chi connectivity index (χ1n) is 7.12. The lowest BCUT2D eigenvalue weighted by molar-refractivity contribution is -0.140. The van der Waals surface area contributed by atoms with E-state index in [1.54, 1.807) is 55.5 Å². The Hall–Kier alpha value is -2.99. The molecule has 0 bridgehead atoms. The highest BCUT2D eigenvalue weighted by Crippen LogP contribution is 2.18. The first-order valence-corrected chi connectivity index (χ1v) is 7.12. The summed E-state index contributed by atoms with van der Waals surface area (Å²) in [6.45, 7) is 0.828. The Kier molecular flexibility index (Phi) is 7.32. The summed E-state index contributed by atoms with van der Waals surface area (Å²) in [7, 11) is 0. The number of carbonyl (C=O) groups is 3. The Labute approximate surface area is 139 Å². The fraction of sp³-hybridized carbons (Fsp3) is 0.167. The molecule has 126 valence electrons. The zero-order valence-corrected chi connectivity index (χ0v) is 13.0. The Morgan fingerprint density at radius 3 is 1.96 bits per heavy atom. The smallest absolute Gasteiger partial charge is 0.329 e. The summed E-state index contributed by atoms with van der Waals surface area (Å²) in [6, 6.07) is 15.7. The predicted octanol–water partition coefficient (Wildman–Crippen LogP) is 2.17. The predicted molar refractivity (Wildman–Crippen MR) is 87.1 cm³/mol. The van der Waals surface area contributed by atoms with E-state index in [4.69, 9.17) is 20.1 Å². The van der Waals surface area contributed by atoms with Gasteiger partial charge in [-0.1, -0.05) is 48.5 Å². The summed E-state index contributed by atoms with van der Waals surface area (Å²) in [6.07, 6.45) is 0. The van der Waals surface area contributed by atoms with Crippen LogP contribution in [-0.2, 0) is 9.59 Å². The van der Waals surface area contributed by atoms with Gasteiger partial charge in [0.15, 0.2) is 5.78 Å². The van der Waals surface area contributed by atoms with Gasteiger partial charge in [0, 0.05) is 11.1 Å². The fourth-order valence-electron chi connectivity index (χ4n) is 1.85. The summed E-state index contributed by atoms with van der Waals surface area (Å²) in [5.41, 5.74) is 1.74. The average Bonchev–Trinajstić information content (AvgIpc) is 2.61. The van der Waals surface area contributed by atoms with Crippen molar-refractivity contribution in [3.8, 4) is 0 Å². The maximum atomic E-state index is 12.2. The highest BCUT2D eigenvalue weighted by atomic mass is 16.4. The van der Waals surface area contributed by atoms with Crippen LogP contribution in [0.25, 0.3) is 0 Å². The second-order valence-corrected chi connectivity index (χ2v) is 4.93. The van der Waals surface area contributed by atoms with Crippen LogP contribution in [0.15, 0.2) is 54.6 Å². The first-order chi connectivity index (χ1) is 11.4. The van der Waals surface area contributed by atoms with Gasteiger partial charge < -0.3 is 15.3 Å². The van der Waals surface area contributed by atoms with Crippen molar-refractivity contribution in [2.75, 3.05) is 6.61 Å². The molecule has 0 aromatic heterocycles. The molecule has 0 aliphatic rings. The van der Waals surface area contributed by atoms with Crippen LogP contribution in [0.1, 0.15) is 34.3 Å². The number of aliphatic hydroxyl groups is 1. The number of carbonyl (C=O) groups excluding carboxylic acids is 1. The van der Waals surface area contributed by atoms with Crippen LogP contribution in [0.2, 0.25) is 0 Å². The molecule has 6 heteroatoms. The topological polar surface area (TPSA) is 112 Å². The quantitative estimate of drug-likeness (QED) is 0.724. The third-order valence-electron chi connectivity index (χ3n) is 3.19. The van der Waals surface area contributed by atoms with E-state index in [0.29, 0.717) is 16.7 Å². The lowest BCUT2D eigenvalue weighted by Gasteiger charge is -2.08. The van der Waals surface area contributed by atoms with Crippen LogP contribution in [0.3, 0.4) is 0 Å². The van der Waals surface area contributed by atoms with Crippen molar-refractivity contribution in [1.29, 1.82) is 0 Å². The molecule has 1 unspecified atom stereocenters. The number of benzene rings is 2. The number of aliphatic carboxylic acids is 2. The van der Waals surface area contributed by atoms with Crippen molar-refractivity contribution < 1.29 is 29.7 Å². The number of hydrogen-bond donors (Lipinski definition) is 3. The number of hydrogen-bond acceptors (Lipinski definition) is 4. The molecule has 0 radical (unpaired) electrons. The molecule has 0 aliphatic heterocycles. The molecule has 24 heavy (non-hydrogen) atoms. The summed E-state index contributed by atoms with van der Waals surface area (Å²) in [5, 5.41) is 24.0. The number of carboxylic acid groups (broad SMARTS) is 2. The molecule has 0 heterocycles. The van der Waals surface area contributed by atoms with Gasteiger partial charge in [-0.25, -0.2) is 4.79 Å². The Bertz CT molecular complexity index is 708. The van der Waals surface area contributed by atoms with E-state index in [2.05, 4.69) is 0 Å². The van der Waals surface area contributed by atoms with Crippen molar-refractivity contribution in [3.05, 3.63) is 71.3 Å². The van der Waals surface area contributed by atoms with Crippen molar-refractivity contribution in [1.82, 2.24) is 0 Å². The van der Waals surface area contributed by atoms with Crippen molar-refractivity contribution in [2.45, 2.75) is 12.8 Å². The van der Waals surface area contributed by atoms with Crippen molar-refractivity contribution in [3.63, 3.8) is 0 Å². The number of carboxylic acids is 2. The van der Waals surface area contributed by atoms with E-state index in [9.17, 15) is 9.59 Å². The van der Waals surface area contributed by atoms with Gasteiger partial charge in [-0.3, -0.25) is 9.59 Å². The van der Waals surface area contributed by atoms with E-state index in [0.717, 1.165) is 0 Å². The van der Waals surface area contributed by atoms with E-state index < -0.39 is 24.5 Å². The lowest BCUT2D eigenvalue weighted by Crippen LogP contribution is -2.09. The van der Waals surface area contributed by atoms with Gasteiger partial charge in [-0.2, -0.15) is 0 Å². The normalized spacial score (nSPS) is 10.9. The molecule has 2 rings (SSSR count). The summed E-state index contributed by atoms with van der Waals surface area (Å²) in [4.78, 5) is 32.3. The molecular formula is C18H18O6. The summed E-state index contributed by atoms with van der Waals surface area (Å²) >= 11 is 0. The molecule has 2 aromatic rings. The zero-order chi connectivity index (χ0) is 18.1. The molecule has 0 amide bonds. The van der Waals surface area contributed by atoms with Gasteiger partial charge in [0.1, 0.15) is 6.61 Å². The van der Waals surface area contributed by atoms with Crippen molar-refractivity contribution in [2.24, 2.45) is 0 Å². The van der Waals surface area contributed by atoms with Gasteiger partial charge in [-0.05, 0) is 18.6 Å².